The highest BCUT2D eigenvalue weighted by Gasteiger charge is 2.29. The van der Waals surface area contributed by atoms with Crippen molar-refractivity contribution >= 4 is 17.8 Å². The molecule has 1 heterocycles. The first-order valence-electron chi connectivity index (χ1n) is 10.0. The lowest BCUT2D eigenvalue weighted by atomic mass is 10.1. The highest BCUT2D eigenvalue weighted by atomic mass is 16.5. The van der Waals surface area contributed by atoms with Gasteiger partial charge in [-0.25, -0.2) is 9.48 Å². The van der Waals surface area contributed by atoms with Gasteiger partial charge in [0.25, 0.3) is 5.91 Å². The van der Waals surface area contributed by atoms with Crippen molar-refractivity contribution < 1.29 is 19.1 Å². The second-order valence-corrected chi connectivity index (χ2v) is 8.60. The molecule has 0 aliphatic heterocycles. The predicted octanol–water partition coefficient (Wildman–Crippen LogP) is 2.28. The lowest BCUT2D eigenvalue weighted by molar-refractivity contribution is -0.137. The van der Waals surface area contributed by atoms with Crippen LogP contribution in [0.5, 0.6) is 0 Å². The van der Waals surface area contributed by atoms with E-state index in [1.807, 2.05) is 51.1 Å². The number of nitrogens with one attached hydrogen (secondary N) is 1. The number of carbonyl (C=O) groups excluding carboxylic acids is 3. The zero-order valence-corrected chi connectivity index (χ0v) is 17.8. The van der Waals surface area contributed by atoms with Crippen LogP contribution in [0.25, 0.3) is 5.69 Å². The summed E-state index contributed by atoms with van der Waals surface area (Å²) < 4.78 is 6.80. The Balaban J connectivity index is 1.63. The standard InChI is InChI=1S/C22H28N4O4/c1-22(2,3)23-19(27)13-25(4)20(28)14-30-21(29)18-12-17(15-10-11-15)24-26(18)16-8-6-5-7-9-16/h5-9,12,15H,10-11,13-14H2,1-4H3,(H,23,27). The van der Waals surface area contributed by atoms with E-state index >= 15 is 0 Å². The number of esters is 1. The second-order valence-electron chi connectivity index (χ2n) is 8.60. The van der Waals surface area contributed by atoms with Crippen LogP contribution in [0.2, 0.25) is 0 Å². The number of benzene rings is 1. The first-order valence-corrected chi connectivity index (χ1v) is 10.0. The van der Waals surface area contributed by atoms with Crippen molar-refractivity contribution in [2.24, 2.45) is 0 Å². The van der Waals surface area contributed by atoms with Gasteiger partial charge >= 0.3 is 5.97 Å². The molecule has 0 radical (unpaired) electrons. The normalized spacial score (nSPS) is 13.6. The van der Waals surface area contributed by atoms with Crippen LogP contribution in [0.4, 0.5) is 0 Å². The Labute approximate surface area is 176 Å². The number of hydrogen-bond acceptors (Lipinski definition) is 5. The lowest BCUT2D eigenvalue weighted by Crippen LogP contribution is -2.46. The first kappa shape index (κ1) is 21.5. The number of rotatable bonds is 7. The minimum atomic E-state index is -0.626. The molecule has 3 rings (SSSR count). The molecule has 1 N–H and O–H groups in total. The third-order valence-corrected chi connectivity index (χ3v) is 4.58. The van der Waals surface area contributed by atoms with Crippen molar-refractivity contribution in [2.75, 3.05) is 20.2 Å². The molecule has 1 fully saturated rings. The average Bonchev–Trinajstić information content (AvgIpc) is 3.43. The molecule has 1 aromatic carbocycles. The minimum absolute atomic E-state index is 0.110. The lowest BCUT2D eigenvalue weighted by Gasteiger charge is -2.23. The fraction of sp³-hybridized carbons (Fsp3) is 0.455. The van der Waals surface area contributed by atoms with Gasteiger partial charge in [-0.1, -0.05) is 18.2 Å². The van der Waals surface area contributed by atoms with Crippen LogP contribution in [0.1, 0.15) is 55.7 Å². The van der Waals surface area contributed by atoms with Crippen LogP contribution in [0.3, 0.4) is 0 Å². The zero-order valence-electron chi connectivity index (χ0n) is 17.8. The molecule has 1 saturated carbocycles. The third-order valence-electron chi connectivity index (χ3n) is 4.58. The van der Waals surface area contributed by atoms with Gasteiger partial charge in [0.1, 0.15) is 0 Å². The molecule has 1 aliphatic carbocycles. The first-order chi connectivity index (χ1) is 14.1. The number of ether oxygens (including phenoxy) is 1. The summed E-state index contributed by atoms with van der Waals surface area (Å²) in [5.41, 5.74) is 1.50. The molecule has 0 bridgehead atoms. The number of likely N-dealkylation sites (N-methyl/N-ethyl adjacent to an activating group) is 1. The summed E-state index contributed by atoms with van der Waals surface area (Å²) in [5.74, 6) is -0.990. The van der Waals surface area contributed by atoms with Gasteiger partial charge < -0.3 is 15.0 Å². The second kappa shape index (κ2) is 8.69. The van der Waals surface area contributed by atoms with E-state index in [4.69, 9.17) is 4.74 Å². The number of aromatic nitrogens is 2. The summed E-state index contributed by atoms with van der Waals surface area (Å²) in [6.07, 6.45) is 2.11. The van der Waals surface area contributed by atoms with Crippen molar-refractivity contribution in [2.45, 2.75) is 45.1 Å². The molecule has 2 amide bonds. The largest absolute Gasteiger partial charge is 0.451 e. The van der Waals surface area contributed by atoms with E-state index in [1.54, 1.807) is 10.7 Å². The Kier molecular flexibility index (Phi) is 6.24. The van der Waals surface area contributed by atoms with Gasteiger partial charge in [0.05, 0.1) is 17.9 Å². The van der Waals surface area contributed by atoms with Gasteiger partial charge in [-0.2, -0.15) is 5.10 Å². The SMILES string of the molecule is CN(CC(=O)NC(C)(C)C)C(=O)COC(=O)c1cc(C2CC2)nn1-c1ccccc1. The van der Waals surface area contributed by atoms with Crippen molar-refractivity contribution in [1.82, 2.24) is 20.0 Å². The summed E-state index contributed by atoms with van der Waals surface area (Å²) in [5, 5.41) is 7.36. The van der Waals surface area contributed by atoms with E-state index in [0.717, 1.165) is 24.2 Å². The highest BCUT2D eigenvalue weighted by Crippen LogP contribution is 2.39. The fourth-order valence-electron chi connectivity index (χ4n) is 2.96. The van der Waals surface area contributed by atoms with Gasteiger partial charge in [0, 0.05) is 18.5 Å². The van der Waals surface area contributed by atoms with Crippen LogP contribution in [0.15, 0.2) is 36.4 Å². The Morgan fingerprint density at radius 1 is 1.20 bits per heavy atom. The molecular formula is C22H28N4O4. The molecule has 30 heavy (non-hydrogen) atoms. The van der Waals surface area contributed by atoms with Crippen molar-refractivity contribution in [1.29, 1.82) is 0 Å². The van der Waals surface area contributed by atoms with Crippen LogP contribution in [0, 0.1) is 0 Å². The number of hydrogen-bond donors (Lipinski definition) is 1. The zero-order chi connectivity index (χ0) is 21.9. The summed E-state index contributed by atoms with van der Waals surface area (Å²) in [7, 11) is 1.50. The van der Waals surface area contributed by atoms with E-state index in [1.165, 1.54) is 11.9 Å². The molecule has 160 valence electrons. The molecule has 0 atom stereocenters. The van der Waals surface area contributed by atoms with Crippen molar-refractivity contribution in [3.05, 3.63) is 47.8 Å². The summed E-state index contributed by atoms with van der Waals surface area (Å²) in [4.78, 5) is 38.2. The Bertz CT molecular complexity index is 926. The van der Waals surface area contributed by atoms with Gasteiger partial charge in [0.2, 0.25) is 5.91 Å². The quantitative estimate of drug-likeness (QED) is 0.704. The summed E-state index contributed by atoms with van der Waals surface area (Å²) in [6, 6.07) is 11.1. The van der Waals surface area contributed by atoms with Crippen LogP contribution in [-0.4, -0.2) is 58.2 Å². The maximum Gasteiger partial charge on any atom is 0.357 e. The Morgan fingerprint density at radius 3 is 2.47 bits per heavy atom. The fourth-order valence-corrected chi connectivity index (χ4v) is 2.96. The van der Waals surface area contributed by atoms with Crippen LogP contribution in [-0.2, 0) is 14.3 Å². The molecule has 8 nitrogen and oxygen atoms in total. The topological polar surface area (TPSA) is 93.5 Å². The highest BCUT2D eigenvalue weighted by molar-refractivity contribution is 5.91. The third kappa shape index (κ3) is 5.68. The van der Waals surface area contributed by atoms with E-state index < -0.39 is 18.5 Å². The van der Waals surface area contributed by atoms with Gasteiger partial charge in [0.15, 0.2) is 12.3 Å². The predicted molar refractivity (Wildman–Crippen MR) is 111 cm³/mol. The van der Waals surface area contributed by atoms with Gasteiger partial charge in [-0.15, -0.1) is 0 Å². The molecule has 0 unspecified atom stereocenters. The van der Waals surface area contributed by atoms with Crippen molar-refractivity contribution in [3.8, 4) is 5.69 Å². The maximum atomic E-state index is 12.7. The molecule has 1 aliphatic rings. The van der Waals surface area contributed by atoms with Gasteiger partial charge in [-0.05, 0) is 51.8 Å². The molecule has 8 heteroatoms. The van der Waals surface area contributed by atoms with Crippen LogP contribution < -0.4 is 5.32 Å². The number of nitrogens with zero attached hydrogens (tertiary/aromatic N) is 3. The number of carbonyl (C=O) groups is 3. The molecule has 0 spiro atoms. The van der Waals surface area contributed by atoms with E-state index in [0.29, 0.717) is 5.92 Å². The Morgan fingerprint density at radius 2 is 1.87 bits per heavy atom. The van der Waals surface area contributed by atoms with Crippen molar-refractivity contribution in [3.63, 3.8) is 0 Å². The minimum Gasteiger partial charge on any atom is -0.451 e. The monoisotopic (exact) mass is 412 g/mol. The smallest absolute Gasteiger partial charge is 0.357 e. The molecule has 1 aromatic heterocycles. The van der Waals surface area contributed by atoms with Crippen LogP contribution >= 0.6 is 0 Å². The molecule has 2 aromatic rings. The van der Waals surface area contributed by atoms with E-state index in [9.17, 15) is 14.4 Å². The average molecular weight is 412 g/mol. The van der Waals surface area contributed by atoms with Gasteiger partial charge in [-0.3, -0.25) is 9.59 Å². The summed E-state index contributed by atoms with van der Waals surface area (Å²) >= 11 is 0. The summed E-state index contributed by atoms with van der Waals surface area (Å²) in [6.45, 7) is 5.03. The molecule has 0 saturated heterocycles. The maximum absolute atomic E-state index is 12.7. The Hall–Kier alpha value is -3.16. The van der Waals surface area contributed by atoms with E-state index in [-0.39, 0.29) is 23.7 Å². The number of amides is 2. The molecular weight excluding hydrogens is 384 g/mol. The number of para-hydroxylation sites is 1. The van der Waals surface area contributed by atoms with E-state index in [2.05, 4.69) is 10.4 Å².